The predicted octanol–water partition coefficient (Wildman–Crippen LogP) is 11.3. The molecule has 47 heavy (non-hydrogen) atoms. The molecule has 1 heterocycles. The number of phenols is 2. The third-order valence-electron chi connectivity index (χ3n) is 9.64. The highest BCUT2D eigenvalue weighted by Gasteiger charge is 2.24. The number of H-pyrrole nitrogens is 1. The van der Waals surface area contributed by atoms with Gasteiger partial charge in [0.15, 0.2) is 0 Å². The van der Waals surface area contributed by atoms with E-state index in [0.29, 0.717) is 23.3 Å². The molecule has 6 aromatic carbocycles. The van der Waals surface area contributed by atoms with Gasteiger partial charge in [-0.3, -0.25) is 0 Å². The van der Waals surface area contributed by atoms with E-state index in [2.05, 4.69) is 130 Å². The van der Waals surface area contributed by atoms with E-state index < -0.39 is 0 Å². The fraction of sp³-hybridized carbons (Fsp3) is 0.182. The maximum atomic E-state index is 11.2. The lowest BCUT2D eigenvalue weighted by Gasteiger charge is -2.22. The van der Waals surface area contributed by atoms with Crippen molar-refractivity contribution in [3.8, 4) is 11.5 Å². The standard InChI is InChI=1S/C44H41NO2/c1-27(2)31-17-21-41(46)37(23-31)43(29-11-7-5-8-12-29)33-15-19-39-35(25-33)36-26-34(16-20-40(36)45-39)44(30-13-9-6-10-14-30)38-24-32(28(3)4)18-22-42(38)47/h5-28,43-47H,1-4H3. The van der Waals surface area contributed by atoms with Gasteiger partial charge in [0.2, 0.25) is 0 Å². The van der Waals surface area contributed by atoms with Crippen LogP contribution in [-0.2, 0) is 0 Å². The minimum atomic E-state index is -0.139. The molecule has 0 aliphatic rings. The summed E-state index contributed by atoms with van der Waals surface area (Å²) in [5.41, 5.74) is 10.9. The Bertz CT molecular complexity index is 2020. The van der Waals surface area contributed by atoms with Gasteiger partial charge in [0.05, 0.1) is 0 Å². The Morgan fingerprint density at radius 3 is 1.17 bits per heavy atom. The van der Waals surface area contributed by atoms with Crippen molar-refractivity contribution in [2.24, 2.45) is 0 Å². The summed E-state index contributed by atoms with van der Waals surface area (Å²) in [6, 6.07) is 46.2. The molecule has 0 radical (unpaired) electrons. The van der Waals surface area contributed by atoms with E-state index in [1.165, 1.54) is 11.1 Å². The van der Waals surface area contributed by atoms with Crippen LogP contribution in [0.5, 0.6) is 11.5 Å². The van der Waals surface area contributed by atoms with Crippen LogP contribution in [0.2, 0.25) is 0 Å². The molecule has 0 saturated carbocycles. The summed E-state index contributed by atoms with van der Waals surface area (Å²) < 4.78 is 0. The number of aromatic nitrogens is 1. The van der Waals surface area contributed by atoms with Crippen LogP contribution in [0, 0.1) is 0 Å². The molecule has 0 aliphatic heterocycles. The number of hydrogen-bond donors (Lipinski definition) is 3. The average molecular weight is 616 g/mol. The van der Waals surface area contributed by atoms with Gasteiger partial charge in [-0.25, -0.2) is 0 Å². The van der Waals surface area contributed by atoms with Crippen molar-refractivity contribution >= 4 is 21.8 Å². The first kappa shape index (κ1) is 30.4. The van der Waals surface area contributed by atoms with E-state index in [1.54, 1.807) is 0 Å². The smallest absolute Gasteiger partial charge is 0.119 e. The maximum absolute atomic E-state index is 11.2. The van der Waals surface area contributed by atoms with Gasteiger partial charge in [-0.15, -0.1) is 0 Å². The highest BCUT2D eigenvalue weighted by atomic mass is 16.3. The number of nitrogens with one attached hydrogen (secondary N) is 1. The van der Waals surface area contributed by atoms with Crippen molar-refractivity contribution in [3.63, 3.8) is 0 Å². The first-order valence-electron chi connectivity index (χ1n) is 16.6. The van der Waals surface area contributed by atoms with E-state index in [0.717, 1.165) is 55.2 Å². The second-order valence-electron chi connectivity index (χ2n) is 13.4. The van der Waals surface area contributed by atoms with Crippen molar-refractivity contribution in [3.05, 3.63) is 178 Å². The summed E-state index contributed by atoms with van der Waals surface area (Å²) in [6.45, 7) is 8.74. The molecule has 2 unspecified atom stereocenters. The molecular weight excluding hydrogens is 574 g/mol. The Kier molecular flexibility index (Phi) is 8.07. The molecule has 0 amide bonds. The van der Waals surface area contributed by atoms with E-state index in [-0.39, 0.29) is 11.8 Å². The molecule has 234 valence electrons. The van der Waals surface area contributed by atoms with Gasteiger partial charge >= 0.3 is 0 Å². The van der Waals surface area contributed by atoms with Gasteiger partial charge in [0.25, 0.3) is 0 Å². The SMILES string of the molecule is CC(C)c1ccc(O)c(C(c2ccccc2)c2ccc3[nH]c4ccc(C(c5ccccc5)c5cc(C(C)C)ccc5O)cc4c3c2)c1. The maximum Gasteiger partial charge on any atom is 0.119 e. The Hall–Kier alpha value is -5.28. The third kappa shape index (κ3) is 5.79. The van der Waals surface area contributed by atoms with E-state index in [9.17, 15) is 10.2 Å². The quantitative estimate of drug-likeness (QED) is 0.149. The zero-order valence-electron chi connectivity index (χ0n) is 27.4. The predicted molar refractivity (Wildman–Crippen MR) is 195 cm³/mol. The molecule has 0 bridgehead atoms. The third-order valence-corrected chi connectivity index (χ3v) is 9.64. The van der Waals surface area contributed by atoms with E-state index in [4.69, 9.17) is 0 Å². The van der Waals surface area contributed by atoms with Crippen LogP contribution in [0.1, 0.15) is 95.9 Å². The van der Waals surface area contributed by atoms with Crippen LogP contribution < -0.4 is 0 Å². The van der Waals surface area contributed by atoms with Gasteiger partial charge in [-0.1, -0.05) is 125 Å². The Morgan fingerprint density at radius 1 is 0.404 bits per heavy atom. The number of aromatic amines is 1. The monoisotopic (exact) mass is 615 g/mol. The summed E-state index contributed by atoms with van der Waals surface area (Å²) >= 11 is 0. The zero-order valence-corrected chi connectivity index (χ0v) is 27.4. The molecule has 2 atom stereocenters. The molecule has 7 rings (SSSR count). The molecule has 0 spiro atoms. The molecular formula is C44H41NO2. The topological polar surface area (TPSA) is 56.2 Å². The molecule has 0 aliphatic carbocycles. The Morgan fingerprint density at radius 2 is 0.787 bits per heavy atom. The first-order chi connectivity index (χ1) is 22.8. The summed E-state index contributed by atoms with van der Waals surface area (Å²) in [5.74, 6) is 1.02. The van der Waals surface area contributed by atoms with Gasteiger partial charge in [0, 0.05) is 44.8 Å². The number of hydrogen-bond acceptors (Lipinski definition) is 2. The van der Waals surface area contributed by atoms with Crippen molar-refractivity contribution in [2.45, 2.75) is 51.4 Å². The summed E-state index contributed by atoms with van der Waals surface area (Å²) in [5, 5.41) is 24.7. The average Bonchev–Trinajstić information content (AvgIpc) is 3.45. The van der Waals surface area contributed by atoms with Gasteiger partial charge in [-0.05, 0) is 81.6 Å². The van der Waals surface area contributed by atoms with Gasteiger partial charge in [-0.2, -0.15) is 0 Å². The lowest BCUT2D eigenvalue weighted by Crippen LogP contribution is -2.05. The van der Waals surface area contributed by atoms with Crippen LogP contribution in [0.25, 0.3) is 21.8 Å². The number of fused-ring (bicyclic) bond motifs is 3. The highest BCUT2D eigenvalue weighted by Crippen LogP contribution is 2.42. The molecule has 3 N–H and O–H groups in total. The van der Waals surface area contributed by atoms with Gasteiger partial charge < -0.3 is 15.2 Å². The lowest BCUT2D eigenvalue weighted by molar-refractivity contribution is 0.466. The summed E-state index contributed by atoms with van der Waals surface area (Å²) in [6.07, 6.45) is 0. The largest absolute Gasteiger partial charge is 0.508 e. The first-order valence-corrected chi connectivity index (χ1v) is 16.6. The number of rotatable bonds is 8. The number of benzene rings is 6. The molecule has 3 nitrogen and oxygen atoms in total. The summed E-state index contributed by atoms with van der Waals surface area (Å²) in [7, 11) is 0. The van der Waals surface area contributed by atoms with E-state index >= 15 is 0 Å². The lowest BCUT2D eigenvalue weighted by atomic mass is 9.82. The Balaban J connectivity index is 1.42. The van der Waals surface area contributed by atoms with Crippen LogP contribution >= 0.6 is 0 Å². The molecule has 1 aromatic heterocycles. The van der Waals surface area contributed by atoms with Crippen molar-refractivity contribution in [1.29, 1.82) is 0 Å². The zero-order chi connectivity index (χ0) is 32.7. The number of phenolic OH excluding ortho intramolecular Hbond substituents is 2. The fourth-order valence-electron chi connectivity index (χ4n) is 7.01. The van der Waals surface area contributed by atoms with Crippen LogP contribution in [0.15, 0.2) is 133 Å². The van der Waals surface area contributed by atoms with E-state index in [1.807, 2.05) is 36.4 Å². The summed E-state index contributed by atoms with van der Waals surface area (Å²) in [4.78, 5) is 3.64. The second kappa shape index (κ2) is 12.5. The minimum absolute atomic E-state index is 0.139. The molecule has 0 saturated heterocycles. The van der Waals surface area contributed by atoms with Crippen LogP contribution in [0.4, 0.5) is 0 Å². The highest BCUT2D eigenvalue weighted by molar-refractivity contribution is 6.07. The van der Waals surface area contributed by atoms with Crippen LogP contribution in [0.3, 0.4) is 0 Å². The minimum Gasteiger partial charge on any atom is -0.508 e. The number of aromatic hydroxyl groups is 2. The Labute approximate surface area is 277 Å². The molecule has 7 aromatic rings. The van der Waals surface area contributed by atoms with Crippen molar-refractivity contribution in [1.82, 2.24) is 4.98 Å². The van der Waals surface area contributed by atoms with Crippen molar-refractivity contribution < 1.29 is 10.2 Å². The normalized spacial score (nSPS) is 13.1. The van der Waals surface area contributed by atoms with Crippen LogP contribution in [-0.4, -0.2) is 15.2 Å². The fourth-order valence-corrected chi connectivity index (χ4v) is 7.01. The molecule has 3 heteroatoms. The van der Waals surface area contributed by atoms with Crippen molar-refractivity contribution in [2.75, 3.05) is 0 Å². The molecule has 0 fully saturated rings. The van der Waals surface area contributed by atoms with Gasteiger partial charge in [0.1, 0.15) is 11.5 Å². The second-order valence-corrected chi connectivity index (χ2v) is 13.4.